The molecule has 0 aliphatic carbocycles. The zero-order valence-electron chi connectivity index (χ0n) is 10.7. The molecule has 19 heavy (non-hydrogen) atoms. The van der Waals surface area contributed by atoms with Crippen LogP contribution in [0.2, 0.25) is 0 Å². The Hall–Kier alpha value is -2.56. The fraction of sp³-hybridized carbons (Fsp3) is 0.143. The van der Waals surface area contributed by atoms with Gasteiger partial charge in [0.25, 0.3) is 5.91 Å². The minimum Gasteiger partial charge on any atom is -0.399 e. The monoisotopic (exact) mass is 256 g/mol. The van der Waals surface area contributed by atoms with E-state index in [1.165, 1.54) is 0 Å². The second kappa shape index (κ2) is 5.39. The molecule has 0 unspecified atom stereocenters. The number of hydrogen-bond donors (Lipinski definition) is 3. The quantitative estimate of drug-likeness (QED) is 0.725. The van der Waals surface area contributed by atoms with Crippen LogP contribution in [0, 0.1) is 6.92 Å². The molecule has 0 saturated heterocycles. The van der Waals surface area contributed by atoms with Crippen LogP contribution in [0.3, 0.4) is 0 Å². The van der Waals surface area contributed by atoms with Crippen molar-refractivity contribution in [3.8, 4) is 0 Å². The standard InChI is InChI=1S/C14H16N4O/c1-9-4-5-17-7-10(9)8-18-13-6-11(15)2-3-12(13)14(16)19/h2-7,18H,8,15H2,1H3,(H2,16,19). The number of nitrogen functional groups attached to an aromatic ring is 1. The van der Waals surface area contributed by atoms with Gasteiger partial charge in [-0.25, -0.2) is 0 Å². The molecule has 0 radical (unpaired) electrons. The summed E-state index contributed by atoms with van der Waals surface area (Å²) in [4.78, 5) is 15.4. The number of amides is 1. The summed E-state index contributed by atoms with van der Waals surface area (Å²) in [6.07, 6.45) is 3.53. The summed E-state index contributed by atoms with van der Waals surface area (Å²) >= 11 is 0. The Morgan fingerprint density at radius 3 is 2.84 bits per heavy atom. The molecule has 2 rings (SSSR count). The van der Waals surface area contributed by atoms with E-state index < -0.39 is 5.91 Å². The number of aromatic nitrogens is 1. The zero-order valence-corrected chi connectivity index (χ0v) is 10.7. The first-order chi connectivity index (χ1) is 9.08. The van der Waals surface area contributed by atoms with Crippen LogP contribution >= 0.6 is 0 Å². The van der Waals surface area contributed by atoms with Crippen molar-refractivity contribution < 1.29 is 4.79 Å². The first-order valence-corrected chi connectivity index (χ1v) is 5.90. The van der Waals surface area contributed by atoms with Gasteiger partial charge in [0.2, 0.25) is 0 Å². The lowest BCUT2D eigenvalue weighted by atomic mass is 10.1. The zero-order chi connectivity index (χ0) is 13.8. The molecule has 0 atom stereocenters. The number of benzene rings is 1. The Bertz CT molecular complexity index is 610. The van der Waals surface area contributed by atoms with Gasteiger partial charge in [-0.05, 0) is 42.3 Å². The Morgan fingerprint density at radius 2 is 2.16 bits per heavy atom. The predicted molar refractivity (Wildman–Crippen MR) is 75.7 cm³/mol. The Balaban J connectivity index is 2.22. The fourth-order valence-electron chi connectivity index (χ4n) is 1.80. The molecule has 0 aliphatic rings. The van der Waals surface area contributed by atoms with E-state index in [2.05, 4.69) is 10.3 Å². The van der Waals surface area contributed by atoms with Gasteiger partial charge in [0.05, 0.1) is 5.56 Å². The number of anilines is 2. The highest BCUT2D eigenvalue weighted by molar-refractivity contribution is 5.99. The molecule has 0 spiro atoms. The molecule has 98 valence electrons. The van der Waals surface area contributed by atoms with Crippen LogP contribution in [0.5, 0.6) is 0 Å². The summed E-state index contributed by atoms with van der Waals surface area (Å²) in [5.41, 5.74) is 14.9. The SMILES string of the molecule is Cc1ccncc1CNc1cc(N)ccc1C(N)=O. The van der Waals surface area contributed by atoms with Crippen molar-refractivity contribution in [3.63, 3.8) is 0 Å². The summed E-state index contributed by atoms with van der Waals surface area (Å²) in [7, 11) is 0. The second-order valence-electron chi connectivity index (χ2n) is 4.32. The van der Waals surface area contributed by atoms with E-state index in [0.717, 1.165) is 11.1 Å². The maximum atomic E-state index is 11.3. The molecule has 0 aliphatic heterocycles. The maximum Gasteiger partial charge on any atom is 0.250 e. The smallest absolute Gasteiger partial charge is 0.250 e. The number of primary amides is 1. The van der Waals surface area contributed by atoms with Crippen molar-refractivity contribution in [2.45, 2.75) is 13.5 Å². The van der Waals surface area contributed by atoms with E-state index in [1.54, 1.807) is 30.6 Å². The Labute approximate surface area is 111 Å². The van der Waals surface area contributed by atoms with Gasteiger partial charge in [0, 0.05) is 30.3 Å². The van der Waals surface area contributed by atoms with E-state index in [1.807, 2.05) is 13.0 Å². The third kappa shape index (κ3) is 3.01. The van der Waals surface area contributed by atoms with Crippen LogP contribution < -0.4 is 16.8 Å². The van der Waals surface area contributed by atoms with Gasteiger partial charge in [-0.3, -0.25) is 9.78 Å². The molecule has 5 heteroatoms. The third-order valence-electron chi connectivity index (χ3n) is 2.93. The molecule has 5 N–H and O–H groups in total. The molecule has 1 aromatic carbocycles. The molecule has 0 saturated carbocycles. The highest BCUT2D eigenvalue weighted by atomic mass is 16.1. The van der Waals surface area contributed by atoms with Crippen LogP contribution in [-0.2, 0) is 6.54 Å². The molecule has 0 bridgehead atoms. The number of aryl methyl sites for hydroxylation is 1. The predicted octanol–water partition coefficient (Wildman–Crippen LogP) is 1.68. The summed E-state index contributed by atoms with van der Waals surface area (Å²) in [5.74, 6) is -0.481. The van der Waals surface area contributed by atoms with E-state index in [-0.39, 0.29) is 0 Å². The van der Waals surface area contributed by atoms with E-state index in [0.29, 0.717) is 23.5 Å². The molecular weight excluding hydrogens is 240 g/mol. The van der Waals surface area contributed by atoms with Crippen molar-refractivity contribution in [1.82, 2.24) is 4.98 Å². The number of nitrogens with one attached hydrogen (secondary N) is 1. The van der Waals surface area contributed by atoms with Crippen LogP contribution in [0.4, 0.5) is 11.4 Å². The van der Waals surface area contributed by atoms with Crippen LogP contribution in [-0.4, -0.2) is 10.9 Å². The van der Waals surface area contributed by atoms with Gasteiger partial charge in [0.1, 0.15) is 0 Å². The van der Waals surface area contributed by atoms with Gasteiger partial charge in [-0.1, -0.05) is 0 Å². The average molecular weight is 256 g/mol. The topological polar surface area (TPSA) is 94.0 Å². The largest absolute Gasteiger partial charge is 0.399 e. The van der Waals surface area contributed by atoms with Gasteiger partial charge in [-0.15, -0.1) is 0 Å². The number of carbonyl (C=O) groups is 1. The molecule has 1 aromatic heterocycles. The minimum absolute atomic E-state index is 0.427. The Kier molecular flexibility index (Phi) is 3.66. The number of pyridine rings is 1. The van der Waals surface area contributed by atoms with Gasteiger partial charge in [-0.2, -0.15) is 0 Å². The number of nitrogens with two attached hydrogens (primary N) is 2. The first kappa shape index (κ1) is 12.9. The van der Waals surface area contributed by atoms with Gasteiger partial charge >= 0.3 is 0 Å². The lowest BCUT2D eigenvalue weighted by molar-refractivity contribution is 0.100. The number of carbonyl (C=O) groups excluding carboxylic acids is 1. The highest BCUT2D eigenvalue weighted by Crippen LogP contribution is 2.20. The van der Waals surface area contributed by atoms with Gasteiger partial charge in [0.15, 0.2) is 0 Å². The minimum atomic E-state index is -0.481. The molecule has 1 amide bonds. The van der Waals surface area contributed by atoms with E-state index in [4.69, 9.17) is 11.5 Å². The molecule has 0 fully saturated rings. The summed E-state index contributed by atoms with van der Waals surface area (Å²) in [6, 6.07) is 6.91. The lowest BCUT2D eigenvalue weighted by Crippen LogP contribution is -2.15. The fourth-order valence-corrected chi connectivity index (χ4v) is 1.80. The summed E-state index contributed by atoms with van der Waals surface area (Å²) in [5, 5.41) is 3.17. The normalized spacial score (nSPS) is 10.2. The average Bonchev–Trinajstić information content (AvgIpc) is 2.37. The van der Waals surface area contributed by atoms with E-state index >= 15 is 0 Å². The second-order valence-corrected chi connectivity index (χ2v) is 4.32. The molecule has 2 aromatic rings. The Morgan fingerprint density at radius 1 is 1.37 bits per heavy atom. The first-order valence-electron chi connectivity index (χ1n) is 5.90. The highest BCUT2D eigenvalue weighted by Gasteiger charge is 2.08. The van der Waals surface area contributed by atoms with Crippen LogP contribution in [0.25, 0.3) is 0 Å². The lowest BCUT2D eigenvalue weighted by Gasteiger charge is -2.12. The van der Waals surface area contributed by atoms with Crippen molar-refractivity contribution >= 4 is 17.3 Å². The molecular formula is C14H16N4O. The van der Waals surface area contributed by atoms with Crippen molar-refractivity contribution in [2.24, 2.45) is 5.73 Å². The summed E-state index contributed by atoms with van der Waals surface area (Å²) < 4.78 is 0. The van der Waals surface area contributed by atoms with Crippen LogP contribution in [0.1, 0.15) is 21.5 Å². The van der Waals surface area contributed by atoms with E-state index in [9.17, 15) is 4.79 Å². The molecule has 5 nitrogen and oxygen atoms in total. The van der Waals surface area contributed by atoms with Gasteiger partial charge < -0.3 is 16.8 Å². The van der Waals surface area contributed by atoms with Crippen LogP contribution in [0.15, 0.2) is 36.7 Å². The molecule has 1 heterocycles. The maximum absolute atomic E-state index is 11.3. The number of hydrogen-bond acceptors (Lipinski definition) is 4. The van der Waals surface area contributed by atoms with Crippen molar-refractivity contribution in [3.05, 3.63) is 53.3 Å². The third-order valence-corrected chi connectivity index (χ3v) is 2.93. The number of rotatable bonds is 4. The van der Waals surface area contributed by atoms with Crippen molar-refractivity contribution in [2.75, 3.05) is 11.1 Å². The number of nitrogens with zero attached hydrogens (tertiary/aromatic N) is 1. The summed E-state index contributed by atoms with van der Waals surface area (Å²) in [6.45, 7) is 2.57. The van der Waals surface area contributed by atoms with Crippen molar-refractivity contribution in [1.29, 1.82) is 0 Å².